The maximum absolute atomic E-state index is 13.2. The van der Waals surface area contributed by atoms with E-state index in [1.54, 1.807) is 22.0 Å². The van der Waals surface area contributed by atoms with E-state index >= 15 is 0 Å². The van der Waals surface area contributed by atoms with E-state index in [-0.39, 0.29) is 22.3 Å². The van der Waals surface area contributed by atoms with Gasteiger partial charge in [-0.05, 0) is 42.6 Å². The Morgan fingerprint density at radius 3 is 2.87 bits per heavy atom. The van der Waals surface area contributed by atoms with Gasteiger partial charge in [0.05, 0.1) is 11.1 Å². The zero-order chi connectivity index (χ0) is 21.7. The van der Waals surface area contributed by atoms with Crippen LogP contribution in [-0.2, 0) is 17.8 Å². The third-order valence-corrected chi connectivity index (χ3v) is 8.52. The average molecular weight is 446 g/mol. The smallest absolute Gasteiger partial charge is 0.263 e. The van der Waals surface area contributed by atoms with Crippen LogP contribution < -0.4 is 5.56 Å². The van der Waals surface area contributed by atoms with Crippen LogP contribution in [0.15, 0.2) is 28.7 Å². The predicted octanol–water partition coefficient (Wildman–Crippen LogP) is 4.73. The molecule has 2 aliphatic rings. The molecule has 1 saturated heterocycles. The van der Waals surface area contributed by atoms with Gasteiger partial charge in [-0.3, -0.25) is 14.2 Å². The first kappa shape index (κ1) is 21.6. The van der Waals surface area contributed by atoms with Crippen molar-refractivity contribution in [3.05, 3.63) is 34.0 Å². The lowest BCUT2D eigenvalue weighted by molar-refractivity contribution is -0.129. The van der Waals surface area contributed by atoms with Crippen LogP contribution in [0, 0.1) is 10.8 Å². The van der Waals surface area contributed by atoms with Crippen LogP contribution in [0.1, 0.15) is 51.8 Å². The second kappa shape index (κ2) is 7.83. The summed E-state index contributed by atoms with van der Waals surface area (Å²) in [5.74, 6) is 0.472. The van der Waals surface area contributed by atoms with Crippen molar-refractivity contribution in [1.82, 2.24) is 14.5 Å². The normalized spacial score (nSPS) is 25.1. The van der Waals surface area contributed by atoms with Crippen molar-refractivity contribution in [3.63, 3.8) is 0 Å². The molecule has 2 atom stereocenters. The Kier molecular flexibility index (Phi) is 5.64. The first-order valence-corrected chi connectivity index (χ1v) is 12.5. The maximum Gasteiger partial charge on any atom is 0.263 e. The molecular formula is C23H31N3O2S2. The van der Waals surface area contributed by atoms with Gasteiger partial charge in [0.15, 0.2) is 5.16 Å². The number of thiophene rings is 1. The van der Waals surface area contributed by atoms with Crippen molar-refractivity contribution in [2.45, 2.75) is 71.1 Å². The molecule has 0 spiro atoms. The monoisotopic (exact) mass is 445 g/mol. The van der Waals surface area contributed by atoms with E-state index in [1.807, 2.05) is 6.07 Å². The maximum atomic E-state index is 13.2. The molecule has 2 bridgehead atoms. The quantitative estimate of drug-likeness (QED) is 0.367. The number of allylic oxidation sites excluding steroid dienone is 1. The number of aryl methyl sites for hydroxylation is 1. The summed E-state index contributed by atoms with van der Waals surface area (Å²) in [5.41, 5.74) is 0.465. The lowest BCUT2D eigenvalue weighted by atomic mass is 9.65. The second-order valence-electron chi connectivity index (χ2n) is 9.91. The third kappa shape index (κ3) is 3.98. The molecule has 4 rings (SSSR count). The van der Waals surface area contributed by atoms with Gasteiger partial charge in [0.2, 0.25) is 5.91 Å². The van der Waals surface area contributed by atoms with E-state index in [9.17, 15) is 9.59 Å². The molecule has 1 saturated carbocycles. The molecule has 30 heavy (non-hydrogen) atoms. The third-order valence-electron chi connectivity index (χ3n) is 6.39. The number of thioether (sulfide) groups is 1. The van der Waals surface area contributed by atoms with E-state index in [4.69, 9.17) is 4.98 Å². The molecule has 7 heteroatoms. The largest absolute Gasteiger partial charge is 0.338 e. The van der Waals surface area contributed by atoms with Crippen LogP contribution >= 0.6 is 23.1 Å². The average Bonchev–Trinajstić information content (AvgIpc) is 3.19. The number of hydrogen-bond donors (Lipinski definition) is 0. The summed E-state index contributed by atoms with van der Waals surface area (Å²) in [5, 5.41) is 1.27. The Hall–Kier alpha value is -1.60. The van der Waals surface area contributed by atoms with Gasteiger partial charge < -0.3 is 4.90 Å². The zero-order valence-electron chi connectivity index (χ0n) is 18.4. The van der Waals surface area contributed by atoms with E-state index in [1.165, 1.54) is 18.2 Å². The minimum absolute atomic E-state index is 0.0444. The summed E-state index contributed by atoms with van der Waals surface area (Å²) in [7, 11) is 0. The fourth-order valence-corrected chi connectivity index (χ4v) is 7.49. The second-order valence-corrected chi connectivity index (χ2v) is 12.0. The first-order chi connectivity index (χ1) is 14.1. The molecule has 1 aliphatic carbocycles. The van der Waals surface area contributed by atoms with Crippen molar-refractivity contribution in [1.29, 1.82) is 0 Å². The molecular weight excluding hydrogens is 414 g/mol. The lowest BCUT2D eigenvalue weighted by Crippen LogP contribution is -2.38. The summed E-state index contributed by atoms with van der Waals surface area (Å²) in [4.78, 5) is 34.9. The molecule has 0 unspecified atom stereocenters. The molecule has 5 nitrogen and oxygen atoms in total. The summed E-state index contributed by atoms with van der Waals surface area (Å²) >= 11 is 2.95. The van der Waals surface area contributed by atoms with E-state index in [0.717, 1.165) is 35.5 Å². The summed E-state index contributed by atoms with van der Waals surface area (Å²) in [6.45, 7) is 14.1. The van der Waals surface area contributed by atoms with Crippen molar-refractivity contribution >= 4 is 39.2 Å². The standard InChI is InChI=1S/C23H31N3O2S2/c1-6-8-25-20(28)17-9-16(7-2)30-19(17)24-21(25)29-12-18(27)26-14-23(5)11-15(26)10-22(3,4)13-23/h6,9,15H,1,7-8,10-14H2,2-5H3/t15-,23-/m0/s1. The molecule has 0 aromatic carbocycles. The molecule has 2 aromatic heterocycles. The van der Waals surface area contributed by atoms with E-state index in [0.29, 0.717) is 28.9 Å². The van der Waals surface area contributed by atoms with Gasteiger partial charge in [0.1, 0.15) is 4.83 Å². The van der Waals surface area contributed by atoms with Crippen LogP contribution in [0.4, 0.5) is 0 Å². The fraction of sp³-hybridized carbons (Fsp3) is 0.609. The number of rotatable bonds is 6. The van der Waals surface area contributed by atoms with Crippen LogP contribution in [0.2, 0.25) is 0 Å². The van der Waals surface area contributed by atoms with Crippen molar-refractivity contribution in [2.75, 3.05) is 12.3 Å². The Morgan fingerprint density at radius 2 is 2.17 bits per heavy atom. The number of likely N-dealkylation sites (tertiary alicyclic amines) is 1. The molecule has 0 N–H and O–H groups in total. The Labute approximate surface area is 186 Å². The predicted molar refractivity (Wildman–Crippen MR) is 125 cm³/mol. The Balaban J connectivity index is 1.56. The number of carbonyl (C=O) groups is 1. The van der Waals surface area contributed by atoms with Gasteiger partial charge in [-0.15, -0.1) is 17.9 Å². The molecule has 3 heterocycles. The van der Waals surface area contributed by atoms with Gasteiger partial charge >= 0.3 is 0 Å². The number of fused-ring (bicyclic) bond motifs is 3. The van der Waals surface area contributed by atoms with Crippen molar-refractivity contribution in [2.24, 2.45) is 10.8 Å². The lowest BCUT2D eigenvalue weighted by Gasteiger charge is -2.39. The SMILES string of the molecule is C=CCn1c(SCC(=O)N2C[C@@]3(C)C[C@@H]2CC(C)(C)C3)nc2sc(CC)cc2c1=O. The van der Waals surface area contributed by atoms with Gasteiger partial charge in [-0.1, -0.05) is 45.5 Å². The number of aromatic nitrogens is 2. The number of carbonyl (C=O) groups excluding carboxylic acids is 1. The highest BCUT2D eigenvalue weighted by atomic mass is 32.2. The van der Waals surface area contributed by atoms with Crippen molar-refractivity contribution < 1.29 is 4.79 Å². The summed E-state index contributed by atoms with van der Waals surface area (Å²) in [6, 6.07) is 2.28. The minimum atomic E-state index is -0.0444. The van der Waals surface area contributed by atoms with Crippen LogP contribution in [0.3, 0.4) is 0 Å². The topological polar surface area (TPSA) is 55.2 Å². The van der Waals surface area contributed by atoms with Gasteiger partial charge in [0, 0.05) is 24.0 Å². The van der Waals surface area contributed by atoms with Crippen molar-refractivity contribution in [3.8, 4) is 0 Å². The van der Waals surface area contributed by atoms with Crippen LogP contribution in [-0.4, -0.2) is 38.7 Å². The van der Waals surface area contributed by atoms with Gasteiger partial charge in [-0.25, -0.2) is 4.98 Å². The number of amides is 1. The number of hydrogen-bond acceptors (Lipinski definition) is 5. The number of nitrogens with zero attached hydrogens (tertiary/aromatic N) is 3. The summed E-state index contributed by atoms with van der Waals surface area (Å²) < 4.78 is 1.65. The fourth-order valence-electron chi connectivity index (χ4n) is 5.58. The summed E-state index contributed by atoms with van der Waals surface area (Å²) in [6.07, 6.45) is 5.93. The molecule has 1 aliphatic heterocycles. The van der Waals surface area contributed by atoms with Gasteiger partial charge in [0.25, 0.3) is 5.56 Å². The Bertz CT molecular complexity index is 1050. The van der Waals surface area contributed by atoms with Crippen LogP contribution in [0.25, 0.3) is 10.2 Å². The van der Waals surface area contributed by atoms with Crippen LogP contribution in [0.5, 0.6) is 0 Å². The molecule has 2 fully saturated rings. The Morgan fingerprint density at radius 1 is 1.40 bits per heavy atom. The first-order valence-electron chi connectivity index (χ1n) is 10.7. The van der Waals surface area contributed by atoms with E-state index in [2.05, 4.69) is 39.2 Å². The highest BCUT2D eigenvalue weighted by Crippen LogP contribution is 2.52. The molecule has 0 radical (unpaired) electrons. The van der Waals surface area contributed by atoms with E-state index < -0.39 is 0 Å². The highest BCUT2D eigenvalue weighted by Gasteiger charge is 2.50. The zero-order valence-corrected chi connectivity index (χ0v) is 20.0. The minimum Gasteiger partial charge on any atom is -0.338 e. The highest BCUT2D eigenvalue weighted by molar-refractivity contribution is 7.99. The van der Waals surface area contributed by atoms with Gasteiger partial charge in [-0.2, -0.15) is 0 Å². The molecule has 2 aromatic rings. The molecule has 162 valence electrons. The molecule has 1 amide bonds.